The van der Waals surface area contributed by atoms with Gasteiger partial charge in [0.05, 0.1) is 11.9 Å². The molecule has 1 N–H and O–H groups in total. The Morgan fingerprint density at radius 2 is 2.08 bits per heavy atom. The predicted molar refractivity (Wildman–Crippen MR) is 104 cm³/mol. The molecule has 0 saturated heterocycles. The Kier molecular flexibility index (Phi) is 4.13. The minimum atomic E-state index is 0.0275. The summed E-state index contributed by atoms with van der Waals surface area (Å²) in [6.45, 7) is 4.30. The van der Waals surface area contributed by atoms with Crippen LogP contribution < -0.4 is 11.0 Å². The van der Waals surface area contributed by atoms with Gasteiger partial charge in [0, 0.05) is 10.6 Å². The van der Waals surface area contributed by atoms with Gasteiger partial charge >= 0.3 is 0 Å². The van der Waals surface area contributed by atoms with Crippen LogP contribution >= 0.6 is 11.3 Å². The third-order valence-electron chi connectivity index (χ3n) is 4.39. The largest absolute Gasteiger partial charge is 0.272 e. The van der Waals surface area contributed by atoms with E-state index in [2.05, 4.69) is 10.5 Å². The van der Waals surface area contributed by atoms with E-state index in [0.29, 0.717) is 12.5 Å². The van der Waals surface area contributed by atoms with Gasteiger partial charge < -0.3 is 0 Å². The fraction of sp³-hybridized carbons (Fsp3) is 0.316. The van der Waals surface area contributed by atoms with Crippen LogP contribution in [0.4, 0.5) is 5.95 Å². The quantitative estimate of drug-likeness (QED) is 0.574. The smallest absolute Gasteiger partial charge is 0.264 e. The molecule has 2 aromatic heterocycles. The number of nitrogens with one attached hydrogen (secondary N) is 1. The number of hydrogen-bond donors (Lipinski definition) is 1. The third kappa shape index (κ3) is 2.98. The summed E-state index contributed by atoms with van der Waals surface area (Å²) < 4.78 is 1.70. The monoisotopic (exact) mass is 352 g/mol. The maximum absolute atomic E-state index is 13.3. The highest BCUT2D eigenvalue weighted by molar-refractivity contribution is 7.18. The second-order valence-corrected chi connectivity index (χ2v) is 7.60. The molecule has 0 atom stereocenters. The summed E-state index contributed by atoms with van der Waals surface area (Å²) in [4.78, 5) is 20.1. The van der Waals surface area contributed by atoms with E-state index in [0.717, 1.165) is 40.8 Å². The van der Waals surface area contributed by atoms with E-state index in [-0.39, 0.29) is 5.56 Å². The van der Waals surface area contributed by atoms with Gasteiger partial charge in [0.2, 0.25) is 5.95 Å². The number of rotatable bonds is 4. The van der Waals surface area contributed by atoms with Gasteiger partial charge in [0.15, 0.2) is 0 Å². The van der Waals surface area contributed by atoms with Crippen molar-refractivity contribution in [2.24, 2.45) is 5.10 Å². The van der Waals surface area contributed by atoms with Crippen molar-refractivity contribution in [3.8, 4) is 0 Å². The highest BCUT2D eigenvalue weighted by Gasteiger charge is 2.23. The zero-order chi connectivity index (χ0) is 17.4. The number of hydrogen-bond acceptors (Lipinski definition) is 5. The van der Waals surface area contributed by atoms with Crippen LogP contribution in [-0.2, 0) is 19.4 Å². The maximum Gasteiger partial charge on any atom is 0.264 e. The Labute approximate surface area is 150 Å². The fourth-order valence-corrected chi connectivity index (χ4v) is 4.49. The van der Waals surface area contributed by atoms with Crippen LogP contribution in [-0.4, -0.2) is 15.3 Å². The van der Waals surface area contributed by atoms with Crippen LogP contribution in [0.2, 0.25) is 0 Å². The molecule has 0 bridgehead atoms. The molecule has 6 heteroatoms. The number of thiophene rings is 1. The van der Waals surface area contributed by atoms with Gasteiger partial charge in [-0.15, -0.1) is 11.3 Å². The molecule has 5 nitrogen and oxygen atoms in total. The highest BCUT2D eigenvalue weighted by Crippen LogP contribution is 2.35. The van der Waals surface area contributed by atoms with E-state index >= 15 is 0 Å². The second kappa shape index (κ2) is 6.44. The molecule has 0 unspecified atom stereocenters. The first-order chi connectivity index (χ1) is 12.1. The zero-order valence-electron chi connectivity index (χ0n) is 14.4. The van der Waals surface area contributed by atoms with Crippen molar-refractivity contribution in [3.05, 3.63) is 56.7 Å². The lowest BCUT2D eigenvalue weighted by atomic mass is 10.2. The Balaban J connectivity index is 1.90. The summed E-state index contributed by atoms with van der Waals surface area (Å²) in [6.07, 6.45) is 3.18. The standard InChI is InChI=1S/C19H20N4OS/c1-12(2)21-22-19-20-17-16(14-9-6-10-15(14)25-17)18(24)23(19)11-13-7-4-3-5-8-13/h3-5,7-8H,6,9-11H2,1-2H3,(H,20,22). The molecule has 0 fully saturated rings. The molecule has 0 spiro atoms. The molecule has 2 heterocycles. The number of hydrazone groups is 1. The normalized spacial score (nSPS) is 13.0. The van der Waals surface area contributed by atoms with Crippen molar-refractivity contribution in [3.63, 3.8) is 0 Å². The topological polar surface area (TPSA) is 59.3 Å². The lowest BCUT2D eigenvalue weighted by Crippen LogP contribution is -2.25. The van der Waals surface area contributed by atoms with E-state index in [9.17, 15) is 4.79 Å². The van der Waals surface area contributed by atoms with E-state index in [1.54, 1.807) is 15.9 Å². The SMILES string of the molecule is CC(C)=NNc1nc2sc3c(c2c(=O)n1Cc1ccccc1)CCC3. The van der Waals surface area contributed by atoms with Crippen LogP contribution in [0.25, 0.3) is 10.2 Å². The molecule has 1 aliphatic carbocycles. The molecule has 0 radical (unpaired) electrons. The van der Waals surface area contributed by atoms with E-state index in [1.807, 2.05) is 44.2 Å². The number of fused-ring (bicyclic) bond motifs is 3. The van der Waals surface area contributed by atoms with E-state index in [1.165, 1.54) is 10.4 Å². The zero-order valence-corrected chi connectivity index (χ0v) is 15.2. The average Bonchev–Trinajstić information content (AvgIpc) is 3.17. The summed E-state index contributed by atoms with van der Waals surface area (Å²) in [6, 6.07) is 9.98. The molecular formula is C19H20N4OS. The Morgan fingerprint density at radius 1 is 1.28 bits per heavy atom. The van der Waals surface area contributed by atoms with Gasteiger partial charge in [-0.2, -0.15) is 5.10 Å². The first-order valence-corrected chi connectivity index (χ1v) is 9.31. The van der Waals surface area contributed by atoms with Crippen LogP contribution in [0.15, 0.2) is 40.2 Å². The maximum atomic E-state index is 13.3. The molecule has 128 valence electrons. The lowest BCUT2D eigenvalue weighted by Gasteiger charge is -2.12. The minimum absolute atomic E-state index is 0.0275. The van der Waals surface area contributed by atoms with E-state index in [4.69, 9.17) is 4.98 Å². The van der Waals surface area contributed by atoms with Crippen LogP contribution in [0.1, 0.15) is 36.3 Å². The van der Waals surface area contributed by atoms with Crippen LogP contribution in [0.3, 0.4) is 0 Å². The second-order valence-electron chi connectivity index (χ2n) is 6.52. The Hall–Kier alpha value is -2.47. The predicted octanol–water partition coefficient (Wildman–Crippen LogP) is 3.80. The molecule has 0 amide bonds. The summed E-state index contributed by atoms with van der Waals surface area (Å²) in [5, 5.41) is 5.06. The first-order valence-electron chi connectivity index (χ1n) is 8.49. The first kappa shape index (κ1) is 16.0. The van der Waals surface area contributed by atoms with Gasteiger partial charge in [0.1, 0.15) is 4.83 Å². The fourth-order valence-electron chi connectivity index (χ4n) is 3.24. The molecule has 25 heavy (non-hydrogen) atoms. The van der Waals surface area contributed by atoms with Gasteiger partial charge in [0.25, 0.3) is 5.56 Å². The molecule has 0 aliphatic heterocycles. The summed E-state index contributed by atoms with van der Waals surface area (Å²) in [5.74, 6) is 0.502. The molecule has 1 aromatic carbocycles. The van der Waals surface area contributed by atoms with Gasteiger partial charge in [-0.25, -0.2) is 10.4 Å². The van der Waals surface area contributed by atoms with Gasteiger partial charge in [-0.1, -0.05) is 30.3 Å². The third-order valence-corrected chi connectivity index (χ3v) is 5.57. The minimum Gasteiger partial charge on any atom is -0.272 e. The van der Waals surface area contributed by atoms with Gasteiger partial charge in [-0.05, 0) is 44.2 Å². The summed E-state index contributed by atoms with van der Waals surface area (Å²) >= 11 is 1.65. The Morgan fingerprint density at radius 3 is 2.84 bits per heavy atom. The van der Waals surface area contributed by atoms with Crippen molar-refractivity contribution in [1.29, 1.82) is 0 Å². The van der Waals surface area contributed by atoms with Crippen molar-refractivity contribution in [1.82, 2.24) is 9.55 Å². The Bertz CT molecular complexity index is 1010. The molecule has 4 rings (SSSR count). The van der Waals surface area contributed by atoms with Crippen LogP contribution in [0.5, 0.6) is 0 Å². The number of nitrogens with zero attached hydrogens (tertiary/aromatic N) is 3. The summed E-state index contributed by atoms with van der Waals surface area (Å²) in [5.41, 5.74) is 6.17. The summed E-state index contributed by atoms with van der Waals surface area (Å²) in [7, 11) is 0. The number of aryl methyl sites for hydroxylation is 2. The van der Waals surface area contributed by atoms with E-state index < -0.39 is 0 Å². The van der Waals surface area contributed by atoms with Crippen molar-refractivity contribution in [2.75, 3.05) is 5.43 Å². The lowest BCUT2D eigenvalue weighted by molar-refractivity contribution is 0.754. The number of anilines is 1. The van der Waals surface area contributed by atoms with Crippen molar-refractivity contribution >= 4 is 33.2 Å². The van der Waals surface area contributed by atoms with Crippen molar-refractivity contribution in [2.45, 2.75) is 39.7 Å². The molecule has 3 aromatic rings. The average molecular weight is 352 g/mol. The highest BCUT2D eigenvalue weighted by atomic mass is 32.1. The van der Waals surface area contributed by atoms with Gasteiger partial charge in [-0.3, -0.25) is 9.36 Å². The number of aromatic nitrogens is 2. The molecule has 1 aliphatic rings. The molecule has 0 saturated carbocycles. The van der Waals surface area contributed by atoms with Crippen LogP contribution in [0, 0.1) is 0 Å². The molecular weight excluding hydrogens is 332 g/mol. The van der Waals surface area contributed by atoms with Crippen molar-refractivity contribution < 1.29 is 0 Å². The number of benzene rings is 1.